The minimum absolute atomic E-state index is 0.0371. The Morgan fingerprint density at radius 1 is 1.33 bits per heavy atom. The molecule has 2 aromatic heterocycles. The van der Waals surface area contributed by atoms with Crippen LogP contribution >= 0.6 is 0 Å². The van der Waals surface area contributed by atoms with Gasteiger partial charge in [0.25, 0.3) is 11.5 Å². The largest absolute Gasteiger partial charge is 0.334 e. The van der Waals surface area contributed by atoms with Gasteiger partial charge in [-0.25, -0.2) is 0 Å². The van der Waals surface area contributed by atoms with E-state index in [9.17, 15) is 9.59 Å². The Labute approximate surface area is 157 Å². The first-order valence-corrected chi connectivity index (χ1v) is 9.57. The summed E-state index contributed by atoms with van der Waals surface area (Å²) in [5.41, 5.74) is 2.96. The van der Waals surface area contributed by atoms with Crippen molar-refractivity contribution in [3.63, 3.8) is 0 Å². The lowest BCUT2D eigenvalue weighted by atomic mass is 9.95. The SMILES string of the molecule is Cc1c(C(=O)N2CCc3[nH]c(=O)c(C#N)cc3C2)cnn1C1CCCCC1. The number of pyridine rings is 1. The quantitative estimate of drug-likeness (QED) is 0.884. The lowest BCUT2D eigenvalue weighted by molar-refractivity contribution is 0.0732. The number of hydrogen-bond donors (Lipinski definition) is 1. The molecule has 0 radical (unpaired) electrons. The van der Waals surface area contributed by atoms with E-state index in [0.29, 0.717) is 31.1 Å². The number of aromatic nitrogens is 3. The molecule has 1 aliphatic heterocycles. The summed E-state index contributed by atoms with van der Waals surface area (Å²) < 4.78 is 2.02. The predicted molar refractivity (Wildman–Crippen MR) is 99.3 cm³/mol. The van der Waals surface area contributed by atoms with Crippen molar-refractivity contribution in [1.82, 2.24) is 19.7 Å². The summed E-state index contributed by atoms with van der Waals surface area (Å²) in [6.45, 7) is 2.91. The Hall–Kier alpha value is -2.88. The normalized spacial score (nSPS) is 17.4. The summed E-state index contributed by atoms with van der Waals surface area (Å²) in [5.74, 6) is -0.0371. The second-order valence-corrected chi connectivity index (χ2v) is 7.48. The van der Waals surface area contributed by atoms with E-state index in [1.165, 1.54) is 19.3 Å². The van der Waals surface area contributed by atoms with Crippen LogP contribution in [0.4, 0.5) is 0 Å². The van der Waals surface area contributed by atoms with Gasteiger partial charge in [0.15, 0.2) is 0 Å². The zero-order chi connectivity index (χ0) is 19.0. The molecule has 1 N–H and O–H groups in total. The van der Waals surface area contributed by atoms with E-state index in [1.807, 2.05) is 17.7 Å². The van der Waals surface area contributed by atoms with Crippen LogP contribution in [-0.2, 0) is 13.0 Å². The molecule has 1 fully saturated rings. The molecule has 1 saturated carbocycles. The van der Waals surface area contributed by atoms with Gasteiger partial charge in [0.05, 0.1) is 17.8 Å². The number of nitrogens with zero attached hydrogens (tertiary/aromatic N) is 4. The maximum Gasteiger partial charge on any atom is 0.266 e. The van der Waals surface area contributed by atoms with Gasteiger partial charge in [-0.05, 0) is 31.4 Å². The number of hydrogen-bond acceptors (Lipinski definition) is 4. The van der Waals surface area contributed by atoms with Crippen LogP contribution in [0.1, 0.15) is 71.0 Å². The van der Waals surface area contributed by atoms with Crippen LogP contribution in [0.25, 0.3) is 0 Å². The average molecular weight is 365 g/mol. The number of rotatable bonds is 2. The third-order valence-electron chi connectivity index (χ3n) is 5.81. The fraction of sp³-hybridized carbons (Fsp3) is 0.500. The summed E-state index contributed by atoms with van der Waals surface area (Å²) in [6, 6.07) is 3.91. The molecule has 1 amide bonds. The van der Waals surface area contributed by atoms with Crippen molar-refractivity contribution >= 4 is 5.91 Å². The molecule has 27 heavy (non-hydrogen) atoms. The van der Waals surface area contributed by atoms with Gasteiger partial charge in [-0.2, -0.15) is 10.4 Å². The van der Waals surface area contributed by atoms with Crippen LogP contribution in [0.5, 0.6) is 0 Å². The second kappa shape index (κ2) is 7.03. The average Bonchev–Trinajstić information content (AvgIpc) is 3.08. The van der Waals surface area contributed by atoms with Gasteiger partial charge in [0.1, 0.15) is 11.6 Å². The molecule has 0 aromatic carbocycles. The number of aromatic amines is 1. The Bertz CT molecular complexity index is 975. The third-order valence-corrected chi connectivity index (χ3v) is 5.81. The van der Waals surface area contributed by atoms with Crippen LogP contribution in [-0.4, -0.2) is 32.1 Å². The van der Waals surface area contributed by atoms with Gasteiger partial charge >= 0.3 is 0 Å². The van der Waals surface area contributed by atoms with Gasteiger partial charge in [-0.3, -0.25) is 14.3 Å². The lowest BCUT2D eigenvalue weighted by Crippen LogP contribution is -2.37. The first-order chi connectivity index (χ1) is 13.1. The molecule has 7 nitrogen and oxygen atoms in total. The van der Waals surface area contributed by atoms with E-state index in [-0.39, 0.29) is 17.0 Å². The van der Waals surface area contributed by atoms with E-state index in [4.69, 9.17) is 5.26 Å². The number of nitriles is 1. The molecule has 3 heterocycles. The molecule has 2 aliphatic rings. The molecular formula is C20H23N5O2. The fourth-order valence-electron chi connectivity index (χ4n) is 4.26. The third kappa shape index (κ3) is 3.16. The highest BCUT2D eigenvalue weighted by atomic mass is 16.2. The van der Waals surface area contributed by atoms with Gasteiger partial charge in [-0.15, -0.1) is 0 Å². The van der Waals surface area contributed by atoms with Crippen LogP contribution in [0.3, 0.4) is 0 Å². The smallest absolute Gasteiger partial charge is 0.266 e. The Morgan fingerprint density at radius 3 is 2.85 bits per heavy atom. The molecule has 0 bridgehead atoms. The first-order valence-electron chi connectivity index (χ1n) is 9.57. The van der Waals surface area contributed by atoms with Crippen molar-refractivity contribution < 1.29 is 4.79 Å². The molecule has 0 unspecified atom stereocenters. The van der Waals surface area contributed by atoms with Crippen molar-refractivity contribution in [3.05, 3.63) is 50.7 Å². The summed E-state index contributed by atoms with van der Waals surface area (Å²) >= 11 is 0. The molecule has 2 aromatic rings. The van der Waals surface area contributed by atoms with E-state index in [1.54, 1.807) is 17.2 Å². The van der Waals surface area contributed by atoms with Crippen LogP contribution in [0.15, 0.2) is 17.1 Å². The van der Waals surface area contributed by atoms with Gasteiger partial charge < -0.3 is 9.88 Å². The maximum absolute atomic E-state index is 13.1. The highest BCUT2D eigenvalue weighted by Gasteiger charge is 2.27. The highest BCUT2D eigenvalue weighted by molar-refractivity contribution is 5.95. The number of H-pyrrole nitrogens is 1. The summed E-state index contributed by atoms with van der Waals surface area (Å²) in [4.78, 5) is 29.4. The van der Waals surface area contributed by atoms with Crippen molar-refractivity contribution in [3.8, 4) is 6.07 Å². The van der Waals surface area contributed by atoms with Gasteiger partial charge in [-0.1, -0.05) is 19.3 Å². The van der Waals surface area contributed by atoms with Gasteiger partial charge in [0.2, 0.25) is 0 Å². The Morgan fingerprint density at radius 2 is 2.11 bits per heavy atom. The summed E-state index contributed by atoms with van der Waals surface area (Å²) in [6.07, 6.45) is 8.23. The van der Waals surface area contributed by atoms with Crippen LogP contribution in [0, 0.1) is 18.3 Å². The zero-order valence-corrected chi connectivity index (χ0v) is 15.5. The minimum Gasteiger partial charge on any atom is -0.334 e. The molecule has 0 saturated heterocycles. The molecule has 0 atom stereocenters. The number of amides is 1. The standard InChI is InChI=1S/C20H23N5O2/c1-13-17(11-22-25(13)16-5-3-2-4-6-16)20(27)24-8-7-18-15(12-24)9-14(10-21)19(26)23-18/h9,11,16H,2-8,12H2,1H3,(H,23,26). The Balaban J connectivity index is 1.57. The van der Waals surface area contributed by atoms with Crippen molar-refractivity contribution in [2.45, 2.75) is 58.0 Å². The first kappa shape index (κ1) is 17.5. The van der Waals surface area contributed by atoms with Gasteiger partial charge in [0, 0.05) is 30.9 Å². The fourth-order valence-corrected chi connectivity index (χ4v) is 4.26. The second-order valence-electron chi connectivity index (χ2n) is 7.48. The maximum atomic E-state index is 13.1. The van der Waals surface area contributed by atoms with Crippen molar-refractivity contribution in [2.24, 2.45) is 0 Å². The van der Waals surface area contributed by atoms with E-state index in [2.05, 4.69) is 10.1 Å². The van der Waals surface area contributed by atoms with Crippen LogP contribution in [0.2, 0.25) is 0 Å². The van der Waals surface area contributed by atoms with Crippen molar-refractivity contribution in [1.29, 1.82) is 5.26 Å². The Kier molecular flexibility index (Phi) is 4.56. The number of carbonyl (C=O) groups excluding carboxylic acids is 1. The van der Waals surface area contributed by atoms with Crippen LogP contribution < -0.4 is 5.56 Å². The highest BCUT2D eigenvalue weighted by Crippen LogP contribution is 2.30. The summed E-state index contributed by atoms with van der Waals surface area (Å²) in [5, 5.41) is 13.6. The summed E-state index contributed by atoms with van der Waals surface area (Å²) in [7, 11) is 0. The zero-order valence-electron chi connectivity index (χ0n) is 15.5. The van der Waals surface area contributed by atoms with E-state index < -0.39 is 0 Å². The van der Waals surface area contributed by atoms with E-state index in [0.717, 1.165) is 29.8 Å². The monoisotopic (exact) mass is 365 g/mol. The lowest BCUT2D eigenvalue weighted by Gasteiger charge is -2.29. The number of fused-ring (bicyclic) bond motifs is 1. The topological polar surface area (TPSA) is 94.8 Å². The molecule has 4 rings (SSSR count). The number of nitrogens with one attached hydrogen (secondary N) is 1. The minimum atomic E-state index is -0.361. The number of carbonyl (C=O) groups is 1. The molecule has 7 heteroatoms. The molecular weight excluding hydrogens is 342 g/mol. The van der Waals surface area contributed by atoms with Crippen molar-refractivity contribution in [2.75, 3.05) is 6.54 Å². The molecule has 0 spiro atoms. The predicted octanol–water partition coefficient (Wildman–Crippen LogP) is 2.46. The molecule has 1 aliphatic carbocycles. The van der Waals surface area contributed by atoms with E-state index >= 15 is 0 Å². The molecule has 140 valence electrons.